The largest absolute Gasteiger partial charge is 0.477 e. The molecule has 0 bridgehead atoms. The van der Waals surface area contributed by atoms with Crippen molar-refractivity contribution in [3.63, 3.8) is 0 Å². The van der Waals surface area contributed by atoms with Gasteiger partial charge < -0.3 is 20.1 Å². The molecule has 154 valence electrons. The molecule has 0 unspecified atom stereocenters. The lowest BCUT2D eigenvalue weighted by atomic mass is 10.0. The maximum atomic E-state index is 11.8. The predicted octanol–water partition coefficient (Wildman–Crippen LogP) is 3.15. The summed E-state index contributed by atoms with van der Waals surface area (Å²) in [5, 5.41) is 11.6. The van der Waals surface area contributed by atoms with Crippen LogP contribution in [0.1, 0.15) is 18.4 Å². The normalized spacial score (nSPS) is 14.4. The van der Waals surface area contributed by atoms with E-state index in [1.165, 1.54) is 11.0 Å². The summed E-state index contributed by atoms with van der Waals surface area (Å²) in [5.74, 6) is 0.187. The van der Waals surface area contributed by atoms with Crippen LogP contribution < -0.4 is 15.4 Å². The molecule has 1 saturated heterocycles. The Kier molecular flexibility index (Phi) is 7.20. The van der Waals surface area contributed by atoms with Crippen LogP contribution >= 0.6 is 22.6 Å². The molecule has 1 aliphatic rings. The summed E-state index contributed by atoms with van der Waals surface area (Å²) < 4.78 is 12.1. The molecule has 1 aromatic carbocycles. The Labute approximate surface area is 181 Å². The zero-order valence-electron chi connectivity index (χ0n) is 15.6. The van der Waals surface area contributed by atoms with Crippen LogP contribution in [0.25, 0.3) is 0 Å². The van der Waals surface area contributed by atoms with Crippen molar-refractivity contribution in [1.82, 2.24) is 4.98 Å². The lowest BCUT2D eigenvalue weighted by Gasteiger charge is -2.22. The van der Waals surface area contributed by atoms with Gasteiger partial charge in [0.2, 0.25) is 18.1 Å². The minimum Gasteiger partial charge on any atom is -0.477 e. The second-order valence-electron chi connectivity index (χ2n) is 6.70. The van der Waals surface area contributed by atoms with E-state index in [1.54, 1.807) is 0 Å². The van der Waals surface area contributed by atoms with Crippen molar-refractivity contribution in [2.75, 3.05) is 30.5 Å². The minimum atomic E-state index is -0.635. The van der Waals surface area contributed by atoms with Crippen LogP contribution in [0.2, 0.25) is 0 Å². The van der Waals surface area contributed by atoms with Crippen molar-refractivity contribution in [1.29, 1.82) is 0 Å². The van der Waals surface area contributed by atoms with Crippen LogP contribution in [0.4, 0.5) is 17.2 Å². The Morgan fingerprint density at radius 1 is 1.34 bits per heavy atom. The second-order valence-corrected chi connectivity index (χ2v) is 7.94. The van der Waals surface area contributed by atoms with E-state index in [2.05, 4.69) is 27.6 Å². The number of pyridine rings is 1. The summed E-state index contributed by atoms with van der Waals surface area (Å²) in [4.78, 5) is 27.9. The van der Waals surface area contributed by atoms with Gasteiger partial charge >= 0.3 is 5.69 Å². The van der Waals surface area contributed by atoms with Crippen LogP contribution in [-0.4, -0.2) is 36.1 Å². The van der Waals surface area contributed by atoms with Crippen molar-refractivity contribution in [2.45, 2.75) is 19.4 Å². The molecular weight excluding hydrogens is 491 g/mol. The quantitative estimate of drug-likeness (QED) is 0.250. The Bertz CT molecular complexity index is 872. The predicted molar refractivity (Wildman–Crippen MR) is 116 cm³/mol. The van der Waals surface area contributed by atoms with E-state index in [-0.39, 0.29) is 23.9 Å². The van der Waals surface area contributed by atoms with Gasteiger partial charge in [0.15, 0.2) is 0 Å². The zero-order chi connectivity index (χ0) is 20.8. The number of hydrogen-bond acceptors (Lipinski definition) is 7. The molecule has 0 saturated carbocycles. The molecule has 1 aromatic heterocycles. The molecule has 1 amide bonds. The number of halogens is 1. The van der Waals surface area contributed by atoms with Crippen molar-refractivity contribution in [3.8, 4) is 5.88 Å². The number of benzene rings is 1. The average molecular weight is 512 g/mol. The lowest BCUT2D eigenvalue weighted by Crippen LogP contribution is -2.23. The Morgan fingerprint density at radius 3 is 2.66 bits per heavy atom. The number of carbonyl (C=O) groups is 1. The van der Waals surface area contributed by atoms with Gasteiger partial charge in [-0.15, -0.1) is 0 Å². The molecule has 0 aliphatic carbocycles. The van der Waals surface area contributed by atoms with Crippen LogP contribution in [0.15, 0.2) is 30.3 Å². The first-order valence-corrected chi connectivity index (χ1v) is 10.2. The van der Waals surface area contributed by atoms with Gasteiger partial charge in [-0.3, -0.25) is 14.9 Å². The highest BCUT2D eigenvalue weighted by Crippen LogP contribution is 2.36. The topological polar surface area (TPSA) is 121 Å². The molecule has 0 atom stereocenters. The van der Waals surface area contributed by atoms with E-state index in [0.29, 0.717) is 32.1 Å². The van der Waals surface area contributed by atoms with E-state index in [0.717, 1.165) is 22.0 Å². The number of nitro groups is 1. The molecular formula is C19H21IN4O5. The minimum absolute atomic E-state index is 0.0537. The van der Waals surface area contributed by atoms with E-state index in [1.807, 2.05) is 24.3 Å². The van der Waals surface area contributed by atoms with E-state index in [4.69, 9.17) is 15.2 Å². The SMILES string of the molecule is Nc1nc(OCC2CCOCC2)cc(N(C=O)Cc2ccc(I)cc2)c1[N+](=O)[O-]. The third kappa shape index (κ3) is 5.54. The molecule has 29 heavy (non-hydrogen) atoms. The van der Waals surface area contributed by atoms with Gasteiger partial charge in [-0.2, -0.15) is 4.98 Å². The van der Waals surface area contributed by atoms with Gasteiger partial charge in [-0.25, -0.2) is 0 Å². The number of ether oxygens (including phenoxy) is 2. The van der Waals surface area contributed by atoms with Crippen LogP contribution in [0.5, 0.6) is 5.88 Å². The zero-order valence-corrected chi connectivity index (χ0v) is 17.8. The van der Waals surface area contributed by atoms with E-state index < -0.39 is 10.6 Å². The first-order chi connectivity index (χ1) is 14.0. The Morgan fingerprint density at radius 2 is 2.03 bits per heavy atom. The number of carbonyl (C=O) groups excluding carboxylic acids is 1. The summed E-state index contributed by atoms with van der Waals surface area (Å²) in [6, 6.07) is 8.91. The number of aromatic nitrogens is 1. The smallest absolute Gasteiger partial charge is 0.334 e. The summed E-state index contributed by atoms with van der Waals surface area (Å²) in [6.45, 7) is 1.93. The highest BCUT2D eigenvalue weighted by molar-refractivity contribution is 14.1. The summed E-state index contributed by atoms with van der Waals surface area (Å²) in [5.41, 5.74) is 6.31. The number of nitrogens with two attached hydrogens (primary N) is 1. The summed E-state index contributed by atoms with van der Waals surface area (Å²) in [6.07, 6.45) is 2.30. The molecule has 1 aliphatic heterocycles. The molecule has 10 heteroatoms. The van der Waals surface area contributed by atoms with Gasteiger partial charge in [0.05, 0.1) is 18.1 Å². The molecule has 1 fully saturated rings. The summed E-state index contributed by atoms with van der Waals surface area (Å²) in [7, 11) is 0. The van der Waals surface area contributed by atoms with Gasteiger partial charge in [-0.1, -0.05) is 12.1 Å². The maximum absolute atomic E-state index is 11.8. The molecule has 2 N–H and O–H groups in total. The fourth-order valence-electron chi connectivity index (χ4n) is 3.08. The van der Waals surface area contributed by atoms with E-state index in [9.17, 15) is 14.9 Å². The third-order valence-corrected chi connectivity index (χ3v) is 5.39. The monoisotopic (exact) mass is 512 g/mol. The number of anilines is 2. The number of rotatable bonds is 8. The number of amides is 1. The number of nitrogen functional groups attached to an aromatic ring is 1. The fraction of sp³-hybridized carbons (Fsp3) is 0.368. The van der Waals surface area contributed by atoms with Crippen LogP contribution in [-0.2, 0) is 16.1 Å². The first kappa shape index (κ1) is 21.2. The van der Waals surface area contributed by atoms with Gasteiger partial charge in [0, 0.05) is 22.9 Å². The molecule has 9 nitrogen and oxygen atoms in total. The Balaban J connectivity index is 1.86. The second kappa shape index (κ2) is 9.83. The van der Waals surface area contributed by atoms with Gasteiger partial charge in [-0.05, 0) is 59.0 Å². The van der Waals surface area contributed by atoms with Crippen LogP contribution in [0.3, 0.4) is 0 Å². The molecule has 2 heterocycles. The van der Waals surface area contributed by atoms with Gasteiger partial charge in [0.1, 0.15) is 5.69 Å². The fourth-order valence-corrected chi connectivity index (χ4v) is 3.44. The van der Waals surface area contributed by atoms with Crippen molar-refractivity contribution in [2.24, 2.45) is 5.92 Å². The van der Waals surface area contributed by atoms with Crippen molar-refractivity contribution >= 4 is 46.2 Å². The third-order valence-electron chi connectivity index (χ3n) is 4.67. The highest BCUT2D eigenvalue weighted by Gasteiger charge is 2.26. The summed E-state index contributed by atoms with van der Waals surface area (Å²) >= 11 is 2.18. The molecule has 0 spiro atoms. The average Bonchev–Trinajstić information content (AvgIpc) is 2.72. The number of nitrogens with zero attached hydrogens (tertiary/aromatic N) is 3. The van der Waals surface area contributed by atoms with Crippen molar-refractivity contribution < 1.29 is 19.2 Å². The molecule has 2 aromatic rings. The van der Waals surface area contributed by atoms with E-state index >= 15 is 0 Å². The van der Waals surface area contributed by atoms with Gasteiger partial charge in [0.25, 0.3) is 0 Å². The molecule has 0 radical (unpaired) electrons. The number of hydrogen-bond donors (Lipinski definition) is 1. The highest BCUT2D eigenvalue weighted by atomic mass is 127. The van der Waals surface area contributed by atoms with Crippen LogP contribution in [0, 0.1) is 19.6 Å². The lowest BCUT2D eigenvalue weighted by molar-refractivity contribution is -0.383. The molecule has 3 rings (SSSR count). The van der Waals surface area contributed by atoms with Crippen molar-refractivity contribution in [3.05, 3.63) is 49.6 Å². The standard InChI is InChI=1S/C19H21IN4O5/c20-15-3-1-13(2-4-15)10-23(12-25)16-9-17(22-19(21)18(16)24(26)27)29-11-14-5-7-28-8-6-14/h1-4,9,12,14H,5-8,10-11H2,(H2,21,22). The first-order valence-electron chi connectivity index (χ1n) is 9.09. The maximum Gasteiger partial charge on any atom is 0.334 e. The Hall–Kier alpha value is -2.47.